The molecule has 0 saturated heterocycles. The maximum atomic E-state index is 14.3. The number of ether oxygens (including phenoxy) is 2. The van der Waals surface area contributed by atoms with E-state index in [0.717, 1.165) is 11.1 Å². The highest BCUT2D eigenvalue weighted by molar-refractivity contribution is 5.94. The fourth-order valence-electron chi connectivity index (χ4n) is 4.01. The molecule has 0 radical (unpaired) electrons. The predicted octanol–water partition coefficient (Wildman–Crippen LogP) is 4.20. The minimum Gasteiger partial charge on any atom is -0.468 e. The largest absolute Gasteiger partial charge is 0.468 e. The number of carbonyl (C=O) groups excluding carboxylic acids is 4. The van der Waals surface area contributed by atoms with E-state index in [2.05, 4.69) is 15.4 Å². The lowest BCUT2D eigenvalue weighted by atomic mass is 9.87. The molecule has 9 nitrogen and oxygen atoms in total. The van der Waals surface area contributed by atoms with E-state index in [-0.39, 0.29) is 12.5 Å². The first-order valence-corrected chi connectivity index (χ1v) is 12.7. The van der Waals surface area contributed by atoms with Crippen LogP contribution in [-0.2, 0) is 23.9 Å². The zero-order valence-corrected chi connectivity index (χ0v) is 24.3. The number of rotatable bonds is 10. The second-order valence-corrected chi connectivity index (χ2v) is 11.2. The lowest BCUT2D eigenvalue weighted by molar-refractivity contribution is -0.151. The number of benzene rings is 1. The first-order chi connectivity index (χ1) is 17.0. The van der Waals surface area contributed by atoms with Gasteiger partial charge in [0.2, 0.25) is 11.8 Å². The van der Waals surface area contributed by atoms with Gasteiger partial charge in [-0.15, -0.1) is 0 Å². The van der Waals surface area contributed by atoms with Crippen LogP contribution >= 0.6 is 0 Å². The first-order valence-electron chi connectivity index (χ1n) is 12.7. The van der Waals surface area contributed by atoms with E-state index in [1.165, 1.54) is 12.0 Å². The summed E-state index contributed by atoms with van der Waals surface area (Å²) in [5.41, 5.74) is 0.778. The zero-order valence-electron chi connectivity index (χ0n) is 24.3. The van der Waals surface area contributed by atoms with Crippen molar-refractivity contribution >= 4 is 23.9 Å². The van der Waals surface area contributed by atoms with Crippen LogP contribution in [0.5, 0.6) is 0 Å². The summed E-state index contributed by atoms with van der Waals surface area (Å²) in [7, 11) is 1.24. The number of methoxy groups -OCH3 is 1. The average Bonchev–Trinajstić information content (AvgIpc) is 2.78. The summed E-state index contributed by atoms with van der Waals surface area (Å²) in [4.78, 5) is 54.1. The Labute approximate surface area is 221 Å². The van der Waals surface area contributed by atoms with Gasteiger partial charge in [-0.2, -0.15) is 0 Å². The van der Waals surface area contributed by atoms with Gasteiger partial charge in [-0.25, -0.2) is 4.79 Å². The van der Waals surface area contributed by atoms with Crippen LogP contribution in [0.15, 0.2) is 18.2 Å². The van der Waals surface area contributed by atoms with Gasteiger partial charge in [0.05, 0.1) is 7.11 Å². The minimum atomic E-state index is -1.06. The van der Waals surface area contributed by atoms with Crippen molar-refractivity contribution < 1.29 is 28.7 Å². The van der Waals surface area contributed by atoms with E-state index < -0.39 is 47.1 Å². The summed E-state index contributed by atoms with van der Waals surface area (Å²) in [5.74, 6) is -1.84. The third kappa shape index (κ3) is 8.76. The Bertz CT molecular complexity index is 960. The molecule has 1 rings (SSSR count). The fraction of sp³-hybridized carbons (Fsp3) is 0.643. The molecule has 0 aliphatic rings. The Hall–Kier alpha value is -3.10. The molecule has 2 atom stereocenters. The van der Waals surface area contributed by atoms with Gasteiger partial charge in [0.1, 0.15) is 24.2 Å². The molecule has 0 aliphatic heterocycles. The number of nitrogens with zero attached hydrogens (tertiary/aromatic N) is 1. The standard InChI is InChI=1S/C28H45N3O6/c1-12-28(9,10)31(25(34)22(17(2)3)30-26(35)37-27(6,7)8)23(24(33)29-16-20(32)36-11)21-18(4)14-13-15-19(21)5/h13-15,17,22-23H,12,16H2,1-11H3,(H,29,33)(H,30,35). The van der Waals surface area contributed by atoms with E-state index in [1.54, 1.807) is 20.8 Å². The Morgan fingerprint density at radius 3 is 1.97 bits per heavy atom. The molecule has 2 unspecified atom stereocenters. The molecule has 1 aromatic carbocycles. The molecule has 0 fully saturated rings. The van der Waals surface area contributed by atoms with Gasteiger partial charge < -0.3 is 25.0 Å². The Morgan fingerprint density at radius 1 is 1.00 bits per heavy atom. The predicted molar refractivity (Wildman–Crippen MR) is 143 cm³/mol. The summed E-state index contributed by atoms with van der Waals surface area (Å²) in [6.07, 6.45) is -0.186. The maximum absolute atomic E-state index is 14.3. The Morgan fingerprint density at radius 2 is 1.54 bits per heavy atom. The first kappa shape index (κ1) is 31.9. The number of hydrogen-bond acceptors (Lipinski definition) is 6. The third-order valence-corrected chi connectivity index (χ3v) is 6.32. The topological polar surface area (TPSA) is 114 Å². The molecule has 0 aromatic heterocycles. The number of nitrogens with one attached hydrogen (secondary N) is 2. The summed E-state index contributed by atoms with van der Waals surface area (Å²) in [5, 5.41) is 5.36. The van der Waals surface area contributed by atoms with Crippen LogP contribution in [0.4, 0.5) is 4.79 Å². The summed E-state index contributed by atoms with van der Waals surface area (Å²) in [6, 6.07) is 3.62. The van der Waals surface area contributed by atoms with Gasteiger partial charge in [0.25, 0.3) is 0 Å². The van der Waals surface area contributed by atoms with Gasteiger partial charge in [-0.05, 0) is 77.5 Å². The molecular weight excluding hydrogens is 474 g/mol. The molecule has 0 heterocycles. The quantitative estimate of drug-likeness (QED) is 0.448. The molecule has 37 heavy (non-hydrogen) atoms. The van der Waals surface area contributed by atoms with Crippen molar-refractivity contribution in [2.75, 3.05) is 13.7 Å². The van der Waals surface area contributed by atoms with E-state index in [9.17, 15) is 19.2 Å². The van der Waals surface area contributed by atoms with Crippen molar-refractivity contribution in [1.29, 1.82) is 0 Å². The van der Waals surface area contributed by atoms with Crippen molar-refractivity contribution in [2.45, 2.75) is 98.9 Å². The highest BCUT2D eigenvalue weighted by atomic mass is 16.6. The van der Waals surface area contributed by atoms with Gasteiger partial charge in [-0.3, -0.25) is 14.4 Å². The molecule has 1 aromatic rings. The normalized spacial score (nSPS) is 13.4. The van der Waals surface area contributed by atoms with Crippen LogP contribution in [0.1, 0.15) is 84.5 Å². The van der Waals surface area contributed by atoms with Crippen molar-refractivity contribution in [3.63, 3.8) is 0 Å². The maximum Gasteiger partial charge on any atom is 0.408 e. The molecular formula is C28H45N3O6. The molecule has 0 spiro atoms. The summed E-state index contributed by atoms with van der Waals surface area (Å²) in [6.45, 7) is 18.0. The summed E-state index contributed by atoms with van der Waals surface area (Å²) >= 11 is 0. The van der Waals surface area contributed by atoms with Crippen LogP contribution in [0, 0.1) is 19.8 Å². The van der Waals surface area contributed by atoms with Crippen LogP contribution in [0.25, 0.3) is 0 Å². The SMILES string of the molecule is CCC(C)(C)N(C(=O)C(NC(=O)OC(C)(C)C)C(C)C)C(C(=O)NCC(=O)OC)c1c(C)cccc1C. The number of carbonyl (C=O) groups is 4. The molecule has 0 saturated carbocycles. The van der Waals surface area contributed by atoms with Crippen molar-refractivity contribution in [1.82, 2.24) is 15.5 Å². The van der Waals surface area contributed by atoms with E-state index >= 15 is 0 Å². The summed E-state index contributed by atoms with van der Waals surface area (Å²) < 4.78 is 10.1. The van der Waals surface area contributed by atoms with Gasteiger partial charge in [0, 0.05) is 5.54 Å². The Balaban J connectivity index is 3.72. The van der Waals surface area contributed by atoms with E-state index in [0.29, 0.717) is 12.0 Å². The van der Waals surface area contributed by atoms with Crippen LogP contribution in [0.3, 0.4) is 0 Å². The number of aryl methyl sites for hydroxylation is 2. The highest BCUT2D eigenvalue weighted by Crippen LogP contribution is 2.35. The van der Waals surface area contributed by atoms with Gasteiger partial charge in [-0.1, -0.05) is 39.0 Å². The molecule has 208 valence electrons. The van der Waals surface area contributed by atoms with Crippen molar-refractivity contribution in [2.24, 2.45) is 5.92 Å². The van der Waals surface area contributed by atoms with E-state index in [4.69, 9.17) is 4.74 Å². The van der Waals surface area contributed by atoms with Crippen molar-refractivity contribution in [3.8, 4) is 0 Å². The monoisotopic (exact) mass is 519 g/mol. The zero-order chi connectivity index (χ0) is 28.7. The Kier molecular flexibility index (Phi) is 11.2. The van der Waals surface area contributed by atoms with Gasteiger partial charge >= 0.3 is 12.1 Å². The van der Waals surface area contributed by atoms with Crippen LogP contribution in [0.2, 0.25) is 0 Å². The number of alkyl carbamates (subject to hydrolysis) is 1. The molecule has 0 aliphatic carbocycles. The fourth-order valence-corrected chi connectivity index (χ4v) is 4.01. The second kappa shape index (κ2) is 12.9. The number of hydrogen-bond donors (Lipinski definition) is 2. The minimum absolute atomic E-state index is 0.299. The number of amides is 3. The lowest BCUT2D eigenvalue weighted by Gasteiger charge is -2.45. The van der Waals surface area contributed by atoms with Crippen LogP contribution < -0.4 is 10.6 Å². The smallest absolute Gasteiger partial charge is 0.408 e. The highest BCUT2D eigenvalue weighted by Gasteiger charge is 2.44. The van der Waals surface area contributed by atoms with Crippen LogP contribution in [-0.4, -0.2) is 59.6 Å². The van der Waals surface area contributed by atoms with E-state index in [1.807, 2.05) is 66.7 Å². The average molecular weight is 520 g/mol. The van der Waals surface area contributed by atoms with Crippen molar-refractivity contribution in [3.05, 3.63) is 34.9 Å². The lowest BCUT2D eigenvalue weighted by Crippen LogP contribution is -2.60. The number of esters is 1. The molecule has 3 amide bonds. The third-order valence-electron chi connectivity index (χ3n) is 6.32. The second-order valence-electron chi connectivity index (χ2n) is 11.2. The van der Waals surface area contributed by atoms with Gasteiger partial charge in [0.15, 0.2) is 0 Å². The molecule has 9 heteroatoms. The molecule has 0 bridgehead atoms. The molecule has 2 N–H and O–H groups in total.